The average molecular weight is 423 g/mol. The average Bonchev–Trinajstić information content (AvgIpc) is 2.67. The van der Waals surface area contributed by atoms with Crippen LogP contribution in [-0.4, -0.2) is 40.7 Å². The first-order valence-electron chi connectivity index (χ1n) is 8.98. The number of hydrogen-bond acceptors (Lipinski definition) is 6. The van der Waals surface area contributed by atoms with Gasteiger partial charge in [0.15, 0.2) is 6.10 Å². The summed E-state index contributed by atoms with van der Waals surface area (Å²) in [6.45, 7) is 5.03. The molecular formula is C20H26N2O6S. The Morgan fingerprint density at radius 2 is 1.66 bits per heavy atom. The van der Waals surface area contributed by atoms with E-state index in [1.54, 1.807) is 45.0 Å². The molecule has 158 valence electrons. The SMILES string of the molecule is COc1cccc(OC(C)C(=O)Nc2cc(S(=O)(=O)NC(C)C)ccc2OC)c1. The molecule has 0 saturated heterocycles. The minimum atomic E-state index is -3.72. The maximum absolute atomic E-state index is 12.6. The zero-order chi connectivity index (χ0) is 21.6. The van der Waals surface area contributed by atoms with Gasteiger partial charge in [-0.15, -0.1) is 0 Å². The second-order valence-corrected chi connectivity index (χ2v) is 8.28. The van der Waals surface area contributed by atoms with Crippen LogP contribution in [0.5, 0.6) is 17.2 Å². The van der Waals surface area contributed by atoms with E-state index in [2.05, 4.69) is 10.0 Å². The van der Waals surface area contributed by atoms with E-state index in [1.165, 1.54) is 32.4 Å². The van der Waals surface area contributed by atoms with Gasteiger partial charge < -0.3 is 19.5 Å². The Hall–Kier alpha value is -2.78. The predicted octanol–water partition coefficient (Wildman–Crippen LogP) is 2.80. The van der Waals surface area contributed by atoms with Crippen LogP contribution in [0.25, 0.3) is 0 Å². The molecule has 1 atom stereocenters. The van der Waals surface area contributed by atoms with Crippen molar-refractivity contribution in [3.8, 4) is 17.2 Å². The van der Waals surface area contributed by atoms with Crippen LogP contribution >= 0.6 is 0 Å². The molecule has 0 spiro atoms. The van der Waals surface area contributed by atoms with Crippen LogP contribution in [0, 0.1) is 0 Å². The lowest BCUT2D eigenvalue weighted by Gasteiger charge is -2.17. The van der Waals surface area contributed by atoms with Crippen molar-refractivity contribution in [3.05, 3.63) is 42.5 Å². The molecule has 9 heteroatoms. The van der Waals surface area contributed by atoms with Crippen molar-refractivity contribution < 1.29 is 27.4 Å². The first-order valence-corrected chi connectivity index (χ1v) is 10.5. The Labute approximate surface area is 171 Å². The number of sulfonamides is 1. The molecule has 2 aromatic carbocycles. The lowest BCUT2D eigenvalue weighted by atomic mass is 10.2. The van der Waals surface area contributed by atoms with Crippen molar-refractivity contribution in [1.29, 1.82) is 0 Å². The summed E-state index contributed by atoms with van der Waals surface area (Å²) in [7, 11) is -0.751. The van der Waals surface area contributed by atoms with Crippen molar-refractivity contribution in [2.75, 3.05) is 19.5 Å². The van der Waals surface area contributed by atoms with Crippen molar-refractivity contribution in [1.82, 2.24) is 4.72 Å². The van der Waals surface area contributed by atoms with E-state index >= 15 is 0 Å². The predicted molar refractivity (Wildman–Crippen MR) is 110 cm³/mol. The van der Waals surface area contributed by atoms with E-state index in [-0.39, 0.29) is 16.6 Å². The summed E-state index contributed by atoms with van der Waals surface area (Å²) >= 11 is 0. The molecule has 0 aliphatic carbocycles. The Balaban J connectivity index is 2.20. The van der Waals surface area contributed by atoms with Gasteiger partial charge in [-0.2, -0.15) is 0 Å². The van der Waals surface area contributed by atoms with Gasteiger partial charge in [-0.3, -0.25) is 4.79 Å². The molecule has 0 aliphatic rings. The first kappa shape index (κ1) is 22.5. The van der Waals surface area contributed by atoms with E-state index in [9.17, 15) is 13.2 Å². The largest absolute Gasteiger partial charge is 0.497 e. The minimum Gasteiger partial charge on any atom is -0.497 e. The minimum absolute atomic E-state index is 0.0173. The van der Waals surface area contributed by atoms with E-state index in [0.29, 0.717) is 17.2 Å². The molecule has 1 amide bonds. The second-order valence-electron chi connectivity index (χ2n) is 6.57. The number of anilines is 1. The fraction of sp³-hybridized carbons (Fsp3) is 0.350. The van der Waals surface area contributed by atoms with E-state index < -0.39 is 22.0 Å². The van der Waals surface area contributed by atoms with Gasteiger partial charge in [0, 0.05) is 12.1 Å². The first-order chi connectivity index (χ1) is 13.7. The highest BCUT2D eigenvalue weighted by Gasteiger charge is 2.21. The summed E-state index contributed by atoms with van der Waals surface area (Å²) in [6, 6.07) is 10.9. The molecule has 1 unspecified atom stereocenters. The quantitative estimate of drug-likeness (QED) is 0.644. The highest BCUT2D eigenvalue weighted by Crippen LogP contribution is 2.28. The lowest BCUT2D eigenvalue weighted by Crippen LogP contribution is -2.31. The molecule has 0 saturated carbocycles. The Kier molecular flexibility index (Phi) is 7.46. The van der Waals surface area contributed by atoms with Crippen LogP contribution in [0.15, 0.2) is 47.4 Å². The Morgan fingerprint density at radius 1 is 0.966 bits per heavy atom. The number of carbonyl (C=O) groups excluding carboxylic acids is 1. The van der Waals surface area contributed by atoms with Gasteiger partial charge in [0.1, 0.15) is 17.2 Å². The fourth-order valence-electron chi connectivity index (χ4n) is 2.50. The lowest BCUT2D eigenvalue weighted by molar-refractivity contribution is -0.122. The monoisotopic (exact) mass is 422 g/mol. The van der Waals surface area contributed by atoms with Crippen LogP contribution in [-0.2, 0) is 14.8 Å². The molecule has 2 aromatic rings. The highest BCUT2D eigenvalue weighted by atomic mass is 32.2. The van der Waals surface area contributed by atoms with Gasteiger partial charge in [-0.25, -0.2) is 13.1 Å². The molecule has 0 radical (unpaired) electrons. The number of amides is 1. The Bertz CT molecular complexity index is 959. The molecule has 2 rings (SSSR count). The van der Waals surface area contributed by atoms with E-state index in [4.69, 9.17) is 14.2 Å². The van der Waals surface area contributed by atoms with Crippen molar-refractivity contribution >= 4 is 21.6 Å². The summed E-state index contributed by atoms with van der Waals surface area (Å²) < 4.78 is 43.4. The van der Waals surface area contributed by atoms with Crippen LogP contribution in [0.3, 0.4) is 0 Å². The molecular weight excluding hydrogens is 396 g/mol. The number of hydrogen-bond donors (Lipinski definition) is 2. The molecule has 0 fully saturated rings. The van der Waals surface area contributed by atoms with Gasteiger partial charge in [-0.05, 0) is 51.1 Å². The van der Waals surface area contributed by atoms with Gasteiger partial charge in [0.05, 0.1) is 24.8 Å². The zero-order valence-corrected chi connectivity index (χ0v) is 17.9. The molecule has 8 nitrogen and oxygen atoms in total. The highest BCUT2D eigenvalue weighted by molar-refractivity contribution is 7.89. The molecule has 0 heterocycles. The Morgan fingerprint density at radius 3 is 2.28 bits per heavy atom. The summed E-state index contributed by atoms with van der Waals surface area (Å²) in [4.78, 5) is 12.6. The summed E-state index contributed by atoms with van der Waals surface area (Å²) in [6.07, 6.45) is -0.846. The van der Waals surface area contributed by atoms with Crippen LogP contribution in [0.1, 0.15) is 20.8 Å². The van der Waals surface area contributed by atoms with Crippen molar-refractivity contribution in [2.24, 2.45) is 0 Å². The standard InChI is InChI=1S/C20H26N2O6S/c1-13(2)22-29(24,25)17-9-10-19(27-5)18(12-17)21-20(23)14(3)28-16-8-6-7-15(11-16)26-4/h6-14,22H,1-5H3,(H,21,23). The van der Waals surface area contributed by atoms with Gasteiger partial charge in [-0.1, -0.05) is 6.07 Å². The number of methoxy groups -OCH3 is 2. The molecule has 0 aromatic heterocycles. The number of rotatable bonds is 9. The number of ether oxygens (including phenoxy) is 3. The maximum Gasteiger partial charge on any atom is 0.265 e. The molecule has 0 aliphatic heterocycles. The van der Waals surface area contributed by atoms with Gasteiger partial charge in [0.2, 0.25) is 10.0 Å². The van der Waals surface area contributed by atoms with Gasteiger partial charge >= 0.3 is 0 Å². The van der Waals surface area contributed by atoms with Crippen molar-refractivity contribution in [3.63, 3.8) is 0 Å². The number of benzene rings is 2. The topological polar surface area (TPSA) is 103 Å². The number of carbonyl (C=O) groups is 1. The molecule has 29 heavy (non-hydrogen) atoms. The van der Waals surface area contributed by atoms with Crippen LogP contribution in [0.4, 0.5) is 5.69 Å². The molecule has 0 bridgehead atoms. The third-order valence-electron chi connectivity index (χ3n) is 3.85. The fourth-order valence-corrected chi connectivity index (χ4v) is 3.77. The third-order valence-corrected chi connectivity index (χ3v) is 5.51. The second kappa shape index (κ2) is 9.62. The summed E-state index contributed by atoms with van der Waals surface area (Å²) in [5.74, 6) is 0.941. The summed E-state index contributed by atoms with van der Waals surface area (Å²) in [5.41, 5.74) is 0.227. The maximum atomic E-state index is 12.6. The third kappa shape index (κ3) is 6.10. The number of nitrogens with one attached hydrogen (secondary N) is 2. The van der Waals surface area contributed by atoms with Crippen molar-refractivity contribution in [2.45, 2.75) is 37.8 Å². The van der Waals surface area contributed by atoms with Crippen LogP contribution < -0.4 is 24.2 Å². The van der Waals surface area contributed by atoms with E-state index in [1.807, 2.05) is 0 Å². The van der Waals surface area contributed by atoms with Gasteiger partial charge in [0.25, 0.3) is 5.91 Å². The summed E-state index contributed by atoms with van der Waals surface area (Å²) in [5, 5.41) is 2.66. The molecule has 2 N–H and O–H groups in total. The van der Waals surface area contributed by atoms with E-state index in [0.717, 1.165) is 0 Å². The zero-order valence-electron chi connectivity index (χ0n) is 17.1. The smallest absolute Gasteiger partial charge is 0.265 e. The van der Waals surface area contributed by atoms with Crippen LogP contribution in [0.2, 0.25) is 0 Å². The normalized spacial score (nSPS) is 12.3.